The lowest BCUT2D eigenvalue weighted by Crippen LogP contribution is -2.40. The standard InChI is InChI=1S/C15H20N2O4/c1-2-10(7-14(18)19)8-16-15(20)17-12-9-21-13-6-4-3-5-11(12)13/h3-6,10,12H,2,7-9H2,1H3,(H,18,19)(H2,16,17,20). The summed E-state index contributed by atoms with van der Waals surface area (Å²) in [5.74, 6) is -0.109. The Morgan fingerprint density at radius 1 is 1.43 bits per heavy atom. The molecule has 0 aliphatic carbocycles. The molecular weight excluding hydrogens is 272 g/mol. The van der Waals surface area contributed by atoms with Crippen LogP contribution in [0.1, 0.15) is 31.4 Å². The molecule has 2 unspecified atom stereocenters. The normalized spacial score (nSPS) is 17.5. The molecular formula is C15H20N2O4. The van der Waals surface area contributed by atoms with E-state index in [1.807, 2.05) is 31.2 Å². The molecule has 0 radical (unpaired) electrons. The highest BCUT2D eigenvalue weighted by Crippen LogP contribution is 2.31. The molecule has 6 nitrogen and oxygen atoms in total. The fourth-order valence-electron chi connectivity index (χ4n) is 2.34. The minimum atomic E-state index is -0.845. The topological polar surface area (TPSA) is 87.7 Å². The summed E-state index contributed by atoms with van der Waals surface area (Å²) in [4.78, 5) is 22.6. The van der Waals surface area contributed by atoms with Gasteiger partial charge >= 0.3 is 12.0 Å². The second-order valence-electron chi connectivity index (χ2n) is 5.13. The van der Waals surface area contributed by atoms with Crippen LogP contribution in [0.3, 0.4) is 0 Å². The van der Waals surface area contributed by atoms with Gasteiger partial charge in [-0.1, -0.05) is 31.5 Å². The van der Waals surface area contributed by atoms with Crippen molar-refractivity contribution in [2.75, 3.05) is 13.2 Å². The molecule has 0 fully saturated rings. The predicted molar refractivity (Wildman–Crippen MR) is 77.2 cm³/mol. The van der Waals surface area contributed by atoms with Crippen LogP contribution in [0.2, 0.25) is 0 Å². The summed E-state index contributed by atoms with van der Waals surface area (Å²) in [5.41, 5.74) is 0.963. The Balaban J connectivity index is 1.82. The van der Waals surface area contributed by atoms with Crippen molar-refractivity contribution >= 4 is 12.0 Å². The maximum Gasteiger partial charge on any atom is 0.315 e. The Hall–Kier alpha value is -2.24. The molecule has 0 bridgehead atoms. The van der Waals surface area contributed by atoms with Crippen molar-refractivity contribution in [1.82, 2.24) is 10.6 Å². The molecule has 1 heterocycles. The van der Waals surface area contributed by atoms with Gasteiger partial charge < -0.3 is 20.5 Å². The zero-order chi connectivity index (χ0) is 15.2. The molecule has 1 aromatic rings. The number of amides is 2. The molecule has 0 aromatic heterocycles. The number of carboxylic acid groups (broad SMARTS) is 1. The average molecular weight is 292 g/mol. The van der Waals surface area contributed by atoms with Crippen LogP contribution in [0.4, 0.5) is 4.79 Å². The van der Waals surface area contributed by atoms with Gasteiger partial charge in [0.1, 0.15) is 12.4 Å². The van der Waals surface area contributed by atoms with Crippen LogP contribution in [-0.4, -0.2) is 30.3 Å². The van der Waals surface area contributed by atoms with Crippen LogP contribution in [0.15, 0.2) is 24.3 Å². The number of benzene rings is 1. The molecule has 114 valence electrons. The number of carboxylic acids is 1. The van der Waals surface area contributed by atoms with Gasteiger partial charge in [-0.25, -0.2) is 4.79 Å². The molecule has 2 rings (SSSR count). The van der Waals surface area contributed by atoms with Gasteiger partial charge in [0.05, 0.1) is 6.04 Å². The van der Waals surface area contributed by atoms with Crippen LogP contribution in [0.5, 0.6) is 5.75 Å². The summed E-state index contributed by atoms with van der Waals surface area (Å²) in [7, 11) is 0. The van der Waals surface area contributed by atoms with E-state index in [0.717, 1.165) is 11.3 Å². The Morgan fingerprint density at radius 2 is 2.19 bits per heavy atom. The number of urea groups is 1. The van der Waals surface area contributed by atoms with Crippen molar-refractivity contribution in [2.24, 2.45) is 5.92 Å². The maximum atomic E-state index is 11.9. The van der Waals surface area contributed by atoms with Crippen molar-refractivity contribution in [3.8, 4) is 5.75 Å². The molecule has 0 spiro atoms. The molecule has 1 aliphatic rings. The van der Waals surface area contributed by atoms with E-state index in [-0.39, 0.29) is 24.4 Å². The second-order valence-corrected chi connectivity index (χ2v) is 5.13. The third-order valence-corrected chi connectivity index (χ3v) is 3.60. The summed E-state index contributed by atoms with van der Waals surface area (Å²) in [6.07, 6.45) is 0.772. The smallest absolute Gasteiger partial charge is 0.315 e. The number of hydrogen-bond acceptors (Lipinski definition) is 3. The van der Waals surface area contributed by atoms with Crippen molar-refractivity contribution in [3.63, 3.8) is 0 Å². The van der Waals surface area contributed by atoms with Gasteiger partial charge in [-0.05, 0) is 12.0 Å². The van der Waals surface area contributed by atoms with E-state index in [2.05, 4.69) is 10.6 Å². The lowest BCUT2D eigenvalue weighted by molar-refractivity contribution is -0.138. The molecule has 21 heavy (non-hydrogen) atoms. The minimum Gasteiger partial charge on any atom is -0.491 e. The van der Waals surface area contributed by atoms with Gasteiger partial charge in [-0.15, -0.1) is 0 Å². The first-order valence-electron chi connectivity index (χ1n) is 7.08. The molecule has 3 N–H and O–H groups in total. The van der Waals surface area contributed by atoms with E-state index in [1.54, 1.807) is 0 Å². The van der Waals surface area contributed by atoms with E-state index >= 15 is 0 Å². The number of ether oxygens (including phenoxy) is 1. The second kappa shape index (κ2) is 6.97. The molecule has 2 amide bonds. The van der Waals surface area contributed by atoms with Crippen molar-refractivity contribution in [3.05, 3.63) is 29.8 Å². The van der Waals surface area contributed by atoms with Crippen molar-refractivity contribution in [1.29, 1.82) is 0 Å². The van der Waals surface area contributed by atoms with E-state index < -0.39 is 5.97 Å². The Kier molecular flexibility index (Phi) is 5.03. The van der Waals surface area contributed by atoms with Gasteiger partial charge in [-0.2, -0.15) is 0 Å². The molecule has 1 aromatic carbocycles. The monoisotopic (exact) mass is 292 g/mol. The lowest BCUT2D eigenvalue weighted by Gasteiger charge is -2.16. The predicted octanol–water partition coefficient (Wildman–Crippen LogP) is 1.92. The third-order valence-electron chi connectivity index (χ3n) is 3.60. The van der Waals surface area contributed by atoms with Crippen molar-refractivity contribution < 1.29 is 19.4 Å². The first kappa shape index (κ1) is 15.2. The van der Waals surface area contributed by atoms with Gasteiger partial charge in [0.25, 0.3) is 0 Å². The van der Waals surface area contributed by atoms with Gasteiger partial charge in [0.15, 0.2) is 0 Å². The molecule has 1 aliphatic heterocycles. The maximum absolute atomic E-state index is 11.9. The minimum absolute atomic E-state index is 0.0552. The first-order valence-corrected chi connectivity index (χ1v) is 7.08. The fourth-order valence-corrected chi connectivity index (χ4v) is 2.34. The Morgan fingerprint density at radius 3 is 2.90 bits per heavy atom. The largest absolute Gasteiger partial charge is 0.491 e. The quantitative estimate of drug-likeness (QED) is 0.747. The zero-order valence-corrected chi connectivity index (χ0v) is 12.0. The summed E-state index contributed by atoms with van der Waals surface area (Å²) in [5, 5.41) is 14.3. The Bertz CT molecular complexity index is 518. The van der Waals surface area contributed by atoms with Crippen molar-refractivity contribution in [2.45, 2.75) is 25.8 Å². The third kappa shape index (κ3) is 4.11. The summed E-state index contributed by atoms with van der Waals surface area (Å²) in [6, 6.07) is 7.12. The van der Waals surface area contributed by atoms with E-state index in [4.69, 9.17) is 9.84 Å². The fraction of sp³-hybridized carbons (Fsp3) is 0.467. The summed E-state index contributed by atoms with van der Waals surface area (Å²) < 4.78 is 5.49. The zero-order valence-electron chi connectivity index (χ0n) is 12.0. The Labute approximate surface area is 123 Å². The number of nitrogens with one attached hydrogen (secondary N) is 2. The highest BCUT2D eigenvalue weighted by Gasteiger charge is 2.25. The number of para-hydroxylation sites is 1. The highest BCUT2D eigenvalue weighted by atomic mass is 16.5. The van der Waals surface area contributed by atoms with E-state index in [1.165, 1.54) is 0 Å². The first-order chi connectivity index (χ1) is 10.1. The molecule has 2 atom stereocenters. The van der Waals surface area contributed by atoms with Gasteiger partial charge in [0, 0.05) is 18.5 Å². The summed E-state index contributed by atoms with van der Waals surface area (Å²) in [6.45, 7) is 2.68. The highest BCUT2D eigenvalue weighted by molar-refractivity contribution is 5.75. The number of hydrogen-bond donors (Lipinski definition) is 3. The molecule has 6 heteroatoms. The van der Waals surface area contributed by atoms with E-state index in [9.17, 15) is 9.59 Å². The van der Waals surface area contributed by atoms with Crippen LogP contribution in [-0.2, 0) is 4.79 Å². The van der Waals surface area contributed by atoms with Gasteiger partial charge in [-0.3, -0.25) is 4.79 Å². The SMILES string of the molecule is CCC(CNC(=O)NC1COc2ccccc21)CC(=O)O. The molecule has 0 saturated heterocycles. The number of carbonyl (C=O) groups excluding carboxylic acids is 1. The summed E-state index contributed by atoms with van der Waals surface area (Å²) >= 11 is 0. The molecule has 0 saturated carbocycles. The van der Waals surface area contributed by atoms with Crippen LogP contribution in [0.25, 0.3) is 0 Å². The lowest BCUT2D eigenvalue weighted by atomic mass is 10.0. The number of rotatable bonds is 6. The van der Waals surface area contributed by atoms with Crippen LogP contribution in [0, 0.1) is 5.92 Å². The number of carbonyl (C=O) groups is 2. The van der Waals surface area contributed by atoms with Crippen LogP contribution < -0.4 is 15.4 Å². The van der Waals surface area contributed by atoms with Crippen LogP contribution >= 0.6 is 0 Å². The van der Waals surface area contributed by atoms with E-state index in [0.29, 0.717) is 19.6 Å². The number of fused-ring (bicyclic) bond motifs is 1. The average Bonchev–Trinajstić information content (AvgIpc) is 2.86. The number of aliphatic carboxylic acids is 1. The van der Waals surface area contributed by atoms with Gasteiger partial charge in [0.2, 0.25) is 0 Å².